The molecule has 0 aliphatic carbocycles. The normalized spacial score (nSPS) is 10.4. The number of anilines is 1. The van der Waals surface area contributed by atoms with E-state index in [1.807, 2.05) is 32.0 Å². The van der Waals surface area contributed by atoms with Crippen molar-refractivity contribution in [2.75, 3.05) is 17.7 Å². The maximum absolute atomic E-state index is 12.1. The molecular formula is C21H22N2O4S. The van der Waals surface area contributed by atoms with Gasteiger partial charge >= 0.3 is 5.97 Å². The van der Waals surface area contributed by atoms with Crippen LogP contribution in [0.1, 0.15) is 29.8 Å². The van der Waals surface area contributed by atoms with Gasteiger partial charge in [0.25, 0.3) is 5.91 Å². The number of thioether (sulfide) groups is 1. The van der Waals surface area contributed by atoms with Gasteiger partial charge in [-0.3, -0.25) is 4.79 Å². The molecule has 0 radical (unpaired) electrons. The van der Waals surface area contributed by atoms with Crippen LogP contribution in [0.25, 0.3) is 0 Å². The third kappa shape index (κ3) is 7.06. The molecule has 1 amide bonds. The van der Waals surface area contributed by atoms with Crippen LogP contribution in [-0.2, 0) is 20.9 Å². The lowest BCUT2D eigenvalue weighted by Gasteiger charge is -2.10. The van der Waals surface area contributed by atoms with E-state index in [1.54, 1.807) is 36.4 Å². The fourth-order valence-corrected chi connectivity index (χ4v) is 2.88. The number of nitriles is 1. The molecule has 1 N–H and O–H groups in total. The van der Waals surface area contributed by atoms with Crippen molar-refractivity contribution in [2.45, 2.75) is 31.5 Å². The number of amides is 1. The highest BCUT2D eigenvalue weighted by Crippen LogP contribution is 2.26. The van der Waals surface area contributed by atoms with E-state index >= 15 is 0 Å². The van der Waals surface area contributed by atoms with Crippen molar-refractivity contribution in [2.24, 2.45) is 0 Å². The summed E-state index contributed by atoms with van der Waals surface area (Å²) in [6.07, 6.45) is 0.131. The lowest BCUT2D eigenvalue weighted by Crippen LogP contribution is -2.21. The van der Waals surface area contributed by atoms with Gasteiger partial charge in [0.15, 0.2) is 6.61 Å². The van der Waals surface area contributed by atoms with Gasteiger partial charge in [0.05, 0.1) is 35.8 Å². The molecule has 0 heterocycles. The summed E-state index contributed by atoms with van der Waals surface area (Å²) in [5.74, 6) is -0.737. The van der Waals surface area contributed by atoms with Gasteiger partial charge in [-0.15, -0.1) is 11.8 Å². The Morgan fingerprint density at radius 3 is 2.54 bits per heavy atom. The highest BCUT2D eigenvalue weighted by molar-refractivity contribution is 7.99. The predicted molar refractivity (Wildman–Crippen MR) is 108 cm³/mol. The Bertz CT molecular complexity index is 844. The van der Waals surface area contributed by atoms with Crippen molar-refractivity contribution in [3.63, 3.8) is 0 Å². The van der Waals surface area contributed by atoms with Crippen molar-refractivity contribution in [3.8, 4) is 6.07 Å². The molecule has 0 aromatic heterocycles. The summed E-state index contributed by atoms with van der Waals surface area (Å²) < 4.78 is 10.6. The molecule has 28 heavy (non-hydrogen) atoms. The van der Waals surface area contributed by atoms with Crippen molar-refractivity contribution in [1.82, 2.24) is 0 Å². The summed E-state index contributed by atoms with van der Waals surface area (Å²) in [4.78, 5) is 25.0. The molecule has 0 saturated carbocycles. The smallest absolute Gasteiger partial charge is 0.338 e. The van der Waals surface area contributed by atoms with Crippen LogP contribution >= 0.6 is 11.8 Å². The van der Waals surface area contributed by atoms with Crippen LogP contribution in [0.5, 0.6) is 0 Å². The van der Waals surface area contributed by atoms with E-state index < -0.39 is 18.5 Å². The molecule has 0 aliphatic heterocycles. The van der Waals surface area contributed by atoms with Gasteiger partial charge < -0.3 is 14.8 Å². The minimum atomic E-state index is -0.571. The third-order valence-electron chi connectivity index (χ3n) is 3.56. The van der Waals surface area contributed by atoms with E-state index in [4.69, 9.17) is 14.7 Å². The molecule has 0 atom stereocenters. The molecule has 7 heteroatoms. The van der Waals surface area contributed by atoms with Crippen molar-refractivity contribution in [1.29, 1.82) is 5.26 Å². The first-order valence-electron chi connectivity index (χ1n) is 8.76. The topological polar surface area (TPSA) is 88.4 Å². The molecule has 0 fully saturated rings. The van der Waals surface area contributed by atoms with Gasteiger partial charge in [0.2, 0.25) is 0 Å². The SMILES string of the molecule is CC(C)OCc1ccc(C(=O)OCC(=O)Nc2ccccc2SCC#N)cc1. The van der Waals surface area contributed by atoms with E-state index in [9.17, 15) is 9.59 Å². The van der Waals surface area contributed by atoms with Crippen molar-refractivity contribution < 1.29 is 19.1 Å². The van der Waals surface area contributed by atoms with Crippen LogP contribution in [0.4, 0.5) is 5.69 Å². The minimum Gasteiger partial charge on any atom is -0.452 e. The van der Waals surface area contributed by atoms with Gasteiger partial charge in [-0.2, -0.15) is 5.26 Å². The number of rotatable bonds is 9. The Hall–Kier alpha value is -2.82. The summed E-state index contributed by atoms with van der Waals surface area (Å²) >= 11 is 1.32. The van der Waals surface area contributed by atoms with E-state index in [0.717, 1.165) is 10.5 Å². The number of hydrogen-bond acceptors (Lipinski definition) is 6. The van der Waals surface area contributed by atoms with E-state index in [0.29, 0.717) is 17.9 Å². The lowest BCUT2D eigenvalue weighted by molar-refractivity contribution is -0.119. The summed E-state index contributed by atoms with van der Waals surface area (Å²) in [5, 5.41) is 11.4. The number of carbonyl (C=O) groups is 2. The molecule has 2 aromatic rings. The lowest BCUT2D eigenvalue weighted by atomic mass is 10.1. The van der Waals surface area contributed by atoms with Crippen LogP contribution in [0.15, 0.2) is 53.4 Å². The summed E-state index contributed by atoms with van der Waals surface area (Å²) in [6.45, 7) is 3.99. The summed E-state index contributed by atoms with van der Waals surface area (Å²) in [6, 6.07) is 16.1. The Labute approximate surface area is 168 Å². The first-order valence-corrected chi connectivity index (χ1v) is 9.74. The number of benzene rings is 2. The molecule has 0 spiro atoms. The molecule has 0 bridgehead atoms. The fraction of sp³-hybridized carbons (Fsp3) is 0.286. The van der Waals surface area contributed by atoms with Crippen LogP contribution < -0.4 is 5.32 Å². The quantitative estimate of drug-likeness (QED) is 0.507. The number of ether oxygens (including phenoxy) is 2. The maximum atomic E-state index is 12.1. The Morgan fingerprint density at radius 1 is 1.14 bits per heavy atom. The zero-order chi connectivity index (χ0) is 20.4. The Kier molecular flexibility index (Phi) is 8.53. The largest absolute Gasteiger partial charge is 0.452 e. The minimum absolute atomic E-state index is 0.131. The molecule has 2 rings (SSSR count). The average Bonchev–Trinajstić information content (AvgIpc) is 2.70. The molecule has 0 aliphatic rings. The van der Waals surface area contributed by atoms with Crippen molar-refractivity contribution in [3.05, 3.63) is 59.7 Å². The second kappa shape index (κ2) is 11.1. The highest BCUT2D eigenvalue weighted by atomic mass is 32.2. The van der Waals surface area contributed by atoms with Crippen LogP contribution in [-0.4, -0.2) is 30.3 Å². The zero-order valence-corrected chi connectivity index (χ0v) is 16.6. The molecule has 146 valence electrons. The predicted octanol–water partition coefficient (Wildman–Crippen LogP) is 4.02. The van der Waals surface area contributed by atoms with Gasteiger partial charge in [-0.25, -0.2) is 4.79 Å². The van der Waals surface area contributed by atoms with E-state index in [-0.39, 0.29) is 11.9 Å². The van der Waals surface area contributed by atoms with Crippen LogP contribution in [0, 0.1) is 11.3 Å². The number of nitrogens with one attached hydrogen (secondary N) is 1. The molecule has 6 nitrogen and oxygen atoms in total. The third-order valence-corrected chi connectivity index (χ3v) is 4.50. The molecular weight excluding hydrogens is 376 g/mol. The standard InChI is InChI=1S/C21H22N2O4S/c1-15(2)26-13-16-7-9-17(10-8-16)21(25)27-14-20(24)23-18-5-3-4-6-19(18)28-12-11-22/h3-10,15H,12-14H2,1-2H3,(H,23,24). The Balaban J connectivity index is 1.86. The van der Waals surface area contributed by atoms with Gasteiger partial charge in [0.1, 0.15) is 0 Å². The fourth-order valence-electron chi connectivity index (χ4n) is 2.21. The summed E-state index contributed by atoms with van der Waals surface area (Å²) in [5.41, 5.74) is 1.90. The zero-order valence-electron chi connectivity index (χ0n) is 15.8. The average molecular weight is 398 g/mol. The first kappa shape index (κ1) is 21.5. The number of nitrogens with zero attached hydrogens (tertiary/aromatic N) is 1. The molecule has 0 unspecified atom stereocenters. The molecule has 2 aromatic carbocycles. The van der Waals surface area contributed by atoms with Crippen LogP contribution in [0.2, 0.25) is 0 Å². The van der Waals surface area contributed by atoms with Crippen molar-refractivity contribution >= 4 is 29.3 Å². The van der Waals surface area contributed by atoms with Gasteiger partial charge in [-0.1, -0.05) is 24.3 Å². The van der Waals surface area contributed by atoms with E-state index in [1.165, 1.54) is 11.8 Å². The summed E-state index contributed by atoms with van der Waals surface area (Å²) in [7, 11) is 0. The second-order valence-electron chi connectivity index (χ2n) is 6.12. The Morgan fingerprint density at radius 2 is 1.86 bits per heavy atom. The first-order chi connectivity index (χ1) is 13.5. The second-order valence-corrected chi connectivity index (χ2v) is 7.14. The van der Waals surface area contributed by atoms with Crippen LogP contribution in [0.3, 0.4) is 0 Å². The molecule has 0 saturated heterocycles. The van der Waals surface area contributed by atoms with Gasteiger partial charge in [-0.05, 0) is 43.7 Å². The van der Waals surface area contributed by atoms with Gasteiger partial charge in [0, 0.05) is 4.90 Å². The monoisotopic (exact) mass is 398 g/mol. The number of esters is 1. The highest BCUT2D eigenvalue weighted by Gasteiger charge is 2.12. The van der Waals surface area contributed by atoms with E-state index in [2.05, 4.69) is 5.32 Å². The number of para-hydroxylation sites is 1. The number of carbonyl (C=O) groups excluding carboxylic acids is 2. The number of hydrogen-bond donors (Lipinski definition) is 1. The maximum Gasteiger partial charge on any atom is 0.338 e.